The van der Waals surface area contributed by atoms with Gasteiger partial charge in [-0.25, -0.2) is 5.84 Å². The van der Waals surface area contributed by atoms with Crippen LogP contribution in [0.1, 0.15) is 34.6 Å². The fraction of sp³-hybridized carbons (Fsp3) is 0.167. The number of carbonyl (C=O) groups excluding carboxylic acids is 4. The van der Waals surface area contributed by atoms with Gasteiger partial charge < -0.3 is 0 Å². The van der Waals surface area contributed by atoms with Gasteiger partial charge in [0.2, 0.25) is 11.8 Å². The monoisotopic (exact) mass is 278 g/mol. The van der Waals surface area contributed by atoms with Crippen LogP contribution in [0, 0.1) is 0 Å². The molecule has 8 heteroatoms. The van der Waals surface area contributed by atoms with Crippen molar-refractivity contribution in [2.45, 2.75) is 13.8 Å². The molecule has 0 aromatic heterocycles. The van der Waals surface area contributed by atoms with E-state index in [4.69, 9.17) is 5.84 Å². The lowest BCUT2D eigenvalue weighted by Gasteiger charge is -2.19. The molecule has 1 aromatic carbocycles. The summed E-state index contributed by atoms with van der Waals surface area (Å²) >= 11 is 0. The highest BCUT2D eigenvalue weighted by Crippen LogP contribution is 2.08. The lowest BCUT2D eigenvalue weighted by Crippen LogP contribution is -2.48. The van der Waals surface area contributed by atoms with Gasteiger partial charge in [-0.1, -0.05) is 6.07 Å². The van der Waals surface area contributed by atoms with E-state index in [1.54, 1.807) is 0 Å². The first-order chi connectivity index (χ1) is 9.36. The van der Waals surface area contributed by atoms with Crippen molar-refractivity contribution in [1.82, 2.24) is 15.9 Å². The summed E-state index contributed by atoms with van der Waals surface area (Å²) < 4.78 is 0. The van der Waals surface area contributed by atoms with Crippen LogP contribution >= 0.6 is 0 Å². The van der Waals surface area contributed by atoms with Gasteiger partial charge in [0, 0.05) is 25.0 Å². The van der Waals surface area contributed by atoms with Crippen molar-refractivity contribution in [1.29, 1.82) is 0 Å². The first kappa shape index (κ1) is 15.3. The smallest absolute Gasteiger partial charge is 0.279 e. The van der Waals surface area contributed by atoms with Crippen LogP contribution in [0.25, 0.3) is 0 Å². The van der Waals surface area contributed by atoms with Crippen LogP contribution in [0.2, 0.25) is 0 Å². The molecule has 0 bridgehead atoms. The summed E-state index contributed by atoms with van der Waals surface area (Å²) in [6.07, 6.45) is 0. The molecule has 1 rings (SSSR count). The number of nitrogens with one attached hydrogen (secondary N) is 2. The summed E-state index contributed by atoms with van der Waals surface area (Å²) in [5.41, 5.74) is 4.26. The Labute approximate surface area is 114 Å². The van der Waals surface area contributed by atoms with Crippen LogP contribution < -0.4 is 16.7 Å². The van der Waals surface area contributed by atoms with Crippen LogP contribution in [0.5, 0.6) is 0 Å². The largest absolute Gasteiger partial charge is 0.290 e. The normalized spacial score (nSPS) is 9.55. The van der Waals surface area contributed by atoms with E-state index in [2.05, 4.69) is 5.43 Å². The number of rotatable bonds is 2. The molecule has 4 amide bonds. The third-order valence-electron chi connectivity index (χ3n) is 2.29. The molecule has 8 nitrogen and oxygen atoms in total. The SMILES string of the molecule is CC(=O)NN(C(C)=O)C(=O)c1cccc(C(=O)NN)c1. The Morgan fingerprint density at radius 3 is 2.20 bits per heavy atom. The summed E-state index contributed by atoms with van der Waals surface area (Å²) in [6, 6.07) is 5.59. The fourth-order valence-corrected chi connectivity index (χ4v) is 1.44. The van der Waals surface area contributed by atoms with Crippen LogP contribution in [0.4, 0.5) is 0 Å². The van der Waals surface area contributed by atoms with Crippen molar-refractivity contribution in [3.8, 4) is 0 Å². The quantitative estimate of drug-likeness (QED) is 0.376. The number of nitrogen functional groups attached to an aromatic ring is 1. The molecule has 4 N–H and O–H groups in total. The zero-order valence-electron chi connectivity index (χ0n) is 11.0. The van der Waals surface area contributed by atoms with E-state index in [-0.39, 0.29) is 11.1 Å². The molecule has 0 saturated carbocycles. The molecule has 0 radical (unpaired) electrons. The second-order valence-electron chi connectivity index (χ2n) is 3.88. The summed E-state index contributed by atoms with van der Waals surface area (Å²) in [5.74, 6) is 2.45. The van der Waals surface area contributed by atoms with E-state index >= 15 is 0 Å². The molecular weight excluding hydrogens is 264 g/mol. The number of nitrogens with zero attached hydrogens (tertiary/aromatic N) is 1. The first-order valence-corrected chi connectivity index (χ1v) is 5.60. The van der Waals surface area contributed by atoms with E-state index in [1.165, 1.54) is 31.2 Å². The molecule has 1 aromatic rings. The Bertz CT molecular complexity index is 570. The molecule has 0 unspecified atom stereocenters. The van der Waals surface area contributed by atoms with Gasteiger partial charge >= 0.3 is 0 Å². The Kier molecular flexibility index (Phi) is 4.93. The van der Waals surface area contributed by atoms with Crippen molar-refractivity contribution >= 4 is 23.6 Å². The topological polar surface area (TPSA) is 122 Å². The first-order valence-electron chi connectivity index (χ1n) is 5.60. The number of hydrogen-bond donors (Lipinski definition) is 3. The van der Waals surface area contributed by atoms with E-state index in [0.717, 1.165) is 6.92 Å². The third kappa shape index (κ3) is 3.62. The van der Waals surface area contributed by atoms with Gasteiger partial charge in [-0.3, -0.25) is 30.0 Å². The number of hydrazine groups is 2. The van der Waals surface area contributed by atoms with Crippen molar-refractivity contribution < 1.29 is 19.2 Å². The zero-order valence-corrected chi connectivity index (χ0v) is 11.0. The van der Waals surface area contributed by atoms with Gasteiger partial charge in [-0.2, -0.15) is 5.01 Å². The van der Waals surface area contributed by atoms with Gasteiger partial charge in [0.15, 0.2) is 0 Å². The van der Waals surface area contributed by atoms with Crippen LogP contribution in [-0.2, 0) is 9.59 Å². The second-order valence-corrected chi connectivity index (χ2v) is 3.88. The van der Waals surface area contributed by atoms with Gasteiger partial charge in [0.05, 0.1) is 0 Å². The van der Waals surface area contributed by atoms with E-state index in [9.17, 15) is 19.2 Å². The molecule has 0 spiro atoms. The number of hydrogen-bond acceptors (Lipinski definition) is 5. The Balaban J connectivity index is 3.09. The highest BCUT2D eigenvalue weighted by Gasteiger charge is 2.21. The lowest BCUT2D eigenvalue weighted by atomic mass is 10.1. The van der Waals surface area contributed by atoms with Crippen molar-refractivity contribution in [2.24, 2.45) is 5.84 Å². The van der Waals surface area contributed by atoms with Crippen molar-refractivity contribution in [3.05, 3.63) is 35.4 Å². The maximum atomic E-state index is 12.1. The van der Waals surface area contributed by atoms with E-state index in [1.807, 2.05) is 5.43 Å². The maximum absolute atomic E-state index is 12.1. The molecule has 0 heterocycles. The predicted molar refractivity (Wildman–Crippen MR) is 68.8 cm³/mol. The lowest BCUT2D eigenvalue weighted by molar-refractivity contribution is -0.135. The molecule has 0 aliphatic carbocycles. The Morgan fingerprint density at radius 1 is 1.10 bits per heavy atom. The molecule has 0 aliphatic heterocycles. The van der Waals surface area contributed by atoms with Gasteiger partial charge in [0.1, 0.15) is 0 Å². The highest BCUT2D eigenvalue weighted by atomic mass is 16.2. The minimum absolute atomic E-state index is 0.0649. The minimum Gasteiger partial charge on any atom is -0.290 e. The standard InChI is InChI=1S/C12H14N4O4/c1-7(17)15-16(8(2)18)12(20)10-5-3-4-9(6-10)11(19)14-13/h3-6H,13H2,1-2H3,(H,14,19)(H,15,17). The third-order valence-corrected chi connectivity index (χ3v) is 2.29. The molecule has 20 heavy (non-hydrogen) atoms. The number of amides is 4. The van der Waals surface area contributed by atoms with Crippen LogP contribution in [-0.4, -0.2) is 28.6 Å². The molecule has 0 aliphatic rings. The summed E-state index contributed by atoms with van der Waals surface area (Å²) in [4.78, 5) is 45.8. The fourth-order valence-electron chi connectivity index (χ4n) is 1.44. The van der Waals surface area contributed by atoms with Gasteiger partial charge in [-0.05, 0) is 18.2 Å². The van der Waals surface area contributed by atoms with Crippen LogP contribution in [0.15, 0.2) is 24.3 Å². The Morgan fingerprint density at radius 2 is 1.70 bits per heavy atom. The van der Waals surface area contributed by atoms with Gasteiger partial charge in [-0.15, -0.1) is 0 Å². The average Bonchev–Trinajstić information content (AvgIpc) is 2.42. The van der Waals surface area contributed by atoms with Crippen molar-refractivity contribution in [3.63, 3.8) is 0 Å². The molecule has 0 atom stereocenters. The average molecular weight is 278 g/mol. The summed E-state index contributed by atoms with van der Waals surface area (Å²) in [6.45, 7) is 2.30. The number of benzene rings is 1. The number of carbonyl (C=O) groups is 4. The van der Waals surface area contributed by atoms with E-state index in [0.29, 0.717) is 5.01 Å². The van der Waals surface area contributed by atoms with Crippen LogP contribution in [0.3, 0.4) is 0 Å². The molecule has 106 valence electrons. The molecule has 0 saturated heterocycles. The number of imide groups is 1. The number of nitrogens with two attached hydrogens (primary N) is 1. The predicted octanol–water partition coefficient (Wildman–Crippen LogP) is -0.670. The highest BCUT2D eigenvalue weighted by molar-refractivity contribution is 6.06. The molecular formula is C12H14N4O4. The zero-order chi connectivity index (χ0) is 15.3. The van der Waals surface area contributed by atoms with E-state index < -0.39 is 23.6 Å². The molecule has 0 fully saturated rings. The minimum atomic E-state index is -0.751. The van der Waals surface area contributed by atoms with Crippen molar-refractivity contribution in [2.75, 3.05) is 0 Å². The summed E-state index contributed by atoms with van der Waals surface area (Å²) in [5, 5.41) is 0.571. The Hall–Kier alpha value is -2.74. The summed E-state index contributed by atoms with van der Waals surface area (Å²) in [7, 11) is 0. The maximum Gasteiger partial charge on any atom is 0.279 e. The van der Waals surface area contributed by atoms with Gasteiger partial charge in [0.25, 0.3) is 11.8 Å². The second kappa shape index (κ2) is 6.43.